The second-order valence-corrected chi connectivity index (χ2v) is 3.21. The zero-order valence-corrected chi connectivity index (χ0v) is 8.16. The van der Waals surface area contributed by atoms with Crippen LogP contribution in [-0.2, 0) is 0 Å². The average Bonchev–Trinajstić information content (AvgIpc) is 2.50. The highest BCUT2D eigenvalue weighted by atomic mass is 35.5. The van der Waals surface area contributed by atoms with Crippen LogP contribution < -0.4 is 0 Å². The first-order valence-corrected chi connectivity index (χ1v) is 4.40. The van der Waals surface area contributed by atoms with Gasteiger partial charge in [0.15, 0.2) is 5.15 Å². The molecule has 1 aromatic heterocycles. The SMILES string of the molecule is Cc1c(Cl)nnn1-c1ccc(F)cc1. The van der Waals surface area contributed by atoms with Crippen molar-refractivity contribution in [3.63, 3.8) is 0 Å². The maximum Gasteiger partial charge on any atom is 0.174 e. The van der Waals surface area contributed by atoms with E-state index in [-0.39, 0.29) is 5.82 Å². The second kappa shape index (κ2) is 3.38. The van der Waals surface area contributed by atoms with Crippen LogP contribution in [0.2, 0.25) is 5.15 Å². The Kier molecular flexibility index (Phi) is 2.21. The van der Waals surface area contributed by atoms with Gasteiger partial charge in [0.05, 0.1) is 11.4 Å². The lowest BCUT2D eigenvalue weighted by Gasteiger charge is -2.01. The molecule has 14 heavy (non-hydrogen) atoms. The van der Waals surface area contributed by atoms with Crippen LogP contribution in [0.15, 0.2) is 24.3 Å². The van der Waals surface area contributed by atoms with E-state index in [9.17, 15) is 4.39 Å². The smallest absolute Gasteiger partial charge is 0.174 e. The van der Waals surface area contributed by atoms with E-state index in [1.807, 2.05) is 0 Å². The van der Waals surface area contributed by atoms with Gasteiger partial charge >= 0.3 is 0 Å². The highest BCUT2D eigenvalue weighted by Crippen LogP contribution is 2.15. The van der Waals surface area contributed by atoms with Crippen LogP contribution in [-0.4, -0.2) is 15.0 Å². The Labute approximate surface area is 85.1 Å². The molecule has 0 unspecified atom stereocenters. The lowest BCUT2D eigenvalue weighted by molar-refractivity contribution is 0.626. The van der Waals surface area contributed by atoms with Gasteiger partial charge in [-0.3, -0.25) is 0 Å². The molecule has 0 fully saturated rings. The molecule has 0 radical (unpaired) electrons. The fourth-order valence-corrected chi connectivity index (χ4v) is 1.25. The van der Waals surface area contributed by atoms with Crippen molar-refractivity contribution in [1.82, 2.24) is 15.0 Å². The lowest BCUT2D eigenvalue weighted by atomic mass is 10.3. The van der Waals surface area contributed by atoms with E-state index >= 15 is 0 Å². The summed E-state index contributed by atoms with van der Waals surface area (Å²) in [6.45, 7) is 1.80. The summed E-state index contributed by atoms with van der Waals surface area (Å²) < 4.78 is 14.2. The van der Waals surface area contributed by atoms with Gasteiger partial charge in [-0.1, -0.05) is 16.8 Å². The average molecular weight is 212 g/mol. The molecule has 0 amide bonds. The summed E-state index contributed by atoms with van der Waals surface area (Å²) in [5.74, 6) is -0.280. The van der Waals surface area contributed by atoms with Gasteiger partial charge in [0.2, 0.25) is 0 Å². The van der Waals surface area contributed by atoms with Crippen LogP contribution in [0.3, 0.4) is 0 Å². The maximum atomic E-state index is 12.6. The molecule has 0 saturated carbocycles. The molecule has 0 aliphatic rings. The predicted molar refractivity (Wildman–Crippen MR) is 51.1 cm³/mol. The summed E-state index contributed by atoms with van der Waals surface area (Å²) in [6, 6.07) is 5.97. The fraction of sp³-hybridized carbons (Fsp3) is 0.111. The van der Waals surface area contributed by atoms with Crippen LogP contribution in [0.25, 0.3) is 5.69 Å². The summed E-state index contributed by atoms with van der Waals surface area (Å²) in [5.41, 5.74) is 1.47. The van der Waals surface area contributed by atoms with Gasteiger partial charge in [0.1, 0.15) is 5.82 Å². The quantitative estimate of drug-likeness (QED) is 0.725. The number of hydrogen-bond donors (Lipinski definition) is 0. The van der Waals surface area contributed by atoms with Crippen molar-refractivity contribution in [1.29, 1.82) is 0 Å². The van der Waals surface area contributed by atoms with E-state index < -0.39 is 0 Å². The highest BCUT2D eigenvalue weighted by Gasteiger charge is 2.06. The monoisotopic (exact) mass is 211 g/mol. The molecule has 0 atom stereocenters. The molecule has 1 heterocycles. The number of nitrogens with zero attached hydrogens (tertiary/aromatic N) is 3. The van der Waals surface area contributed by atoms with Crippen LogP contribution in [0.5, 0.6) is 0 Å². The van der Waals surface area contributed by atoms with Crippen molar-refractivity contribution in [3.8, 4) is 5.69 Å². The Bertz CT molecular complexity index is 450. The van der Waals surface area contributed by atoms with Crippen LogP contribution in [0, 0.1) is 12.7 Å². The van der Waals surface area contributed by atoms with Crippen LogP contribution >= 0.6 is 11.6 Å². The van der Waals surface area contributed by atoms with Gasteiger partial charge in [0.25, 0.3) is 0 Å². The predicted octanol–water partition coefficient (Wildman–Crippen LogP) is 2.37. The molecule has 0 N–H and O–H groups in total. The van der Waals surface area contributed by atoms with Gasteiger partial charge in [-0.25, -0.2) is 9.07 Å². The molecule has 0 saturated heterocycles. The van der Waals surface area contributed by atoms with E-state index in [2.05, 4.69) is 10.3 Å². The number of benzene rings is 1. The van der Waals surface area contributed by atoms with E-state index in [1.165, 1.54) is 12.1 Å². The van der Waals surface area contributed by atoms with E-state index in [0.717, 1.165) is 11.4 Å². The normalized spacial score (nSPS) is 10.5. The van der Waals surface area contributed by atoms with Crippen molar-refractivity contribution >= 4 is 11.6 Å². The first kappa shape index (κ1) is 9.15. The topological polar surface area (TPSA) is 30.7 Å². The van der Waals surface area contributed by atoms with E-state index in [4.69, 9.17) is 11.6 Å². The van der Waals surface area contributed by atoms with Gasteiger partial charge < -0.3 is 0 Å². The molecule has 3 nitrogen and oxygen atoms in total. The third-order valence-corrected chi connectivity index (χ3v) is 2.26. The Hall–Kier alpha value is -1.42. The van der Waals surface area contributed by atoms with Crippen molar-refractivity contribution in [2.45, 2.75) is 6.92 Å². The molecule has 0 aliphatic heterocycles. The van der Waals surface area contributed by atoms with Crippen LogP contribution in [0.1, 0.15) is 5.69 Å². The van der Waals surface area contributed by atoms with Crippen molar-refractivity contribution in [2.24, 2.45) is 0 Å². The van der Waals surface area contributed by atoms with Gasteiger partial charge in [0, 0.05) is 0 Å². The van der Waals surface area contributed by atoms with Gasteiger partial charge in [-0.05, 0) is 31.2 Å². The van der Waals surface area contributed by atoms with E-state index in [1.54, 1.807) is 23.7 Å². The summed E-state index contributed by atoms with van der Waals surface area (Å²) >= 11 is 5.74. The number of hydrogen-bond acceptors (Lipinski definition) is 2. The van der Waals surface area contributed by atoms with Crippen molar-refractivity contribution in [3.05, 3.63) is 40.9 Å². The molecular formula is C9H7ClFN3. The minimum Gasteiger partial charge on any atom is -0.216 e. The maximum absolute atomic E-state index is 12.6. The molecule has 1 aromatic carbocycles. The Morgan fingerprint density at radius 1 is 1.29 bits per heavy atom. The second-order valence-electron chi connectivity index (χ2n) is 2.85. The van der Waals surface area contributed by atoms with Crippen LogP contribution in [0.4, 0.5) is 4.39 Å². The zero-order chi connectivity index (χ0) is 10.1. The Balaban J connectivity index is 2.49. The lowest BCUT2D eigenvalue weighted by Crippen LogP contribution is -1.98. The fourth-order valence-electron chi connectivity index (χ4n) is 1.14. The molecule has 2 rings (SSSR count). The molecular weight excluding hydrogens is 205 g/mol. The van der Waals surface area contributed by atoms with E-state index in [0.29, 0.717) is 5.15 Å². The van der Waals surface area contributed by atoms with Crippen molar-refractivity contribution in [2.75, 3.05) is 0 Å². The summed E-state index contributed by atoms with van der Waals surface area (Å²) in [5, 5.41) is 7.88. The molecule has 2 aromatic rings. The molecule has 0 aliphatic carbocycles. The minimum atomic E-state index is -0.280. The molecule has 72 valence electrons. The Morgan fingerprint density at radius 3 is 2.43 bits per heavy atom. The number of aromatic nitrogens is 3. The summed E-state index contributed by atoms with van der Waals surface area (Å²) in [6.07, 6.45) is 0. The molecule has 0 spiro atoms. The molecule has 5 heteroatoms. The number of rotatable bonds is 1. The zero-order valence-electron chi connectivity index (χ0n) is 7.41. The highest BCUT2D eigenvalue weighted by molar-refractivity contribution is 6.29. The van der Waals surface area contributed by atoms with Gasteiger partial charge in [-0.15, -0.1) is 5.10 Å². The summed E-state index contributed by atoms with van der Waals surface area (Å²) in [4.78, 5) is 0. The Morgan fingerprint density at radius 2 is 1.93 bits per heavy atom. The summed E-state index contributed by atoms with van der Waals surface area (Å²) in [7, 11) is 0. The first-order chi connectivity index (χ1) is 6.68. The third-order valence-electron chi connectivity index (χ3n) is 1.91. The number of halogens is 2. The minimum absolute atomic E-state index is 0.280. The molecule has 0 bridgehead atoms. The third kappa shape index (κ3) is 1.48. The standard InChI is InChI=1S/C9H7ClFN3/c1-6-9(10)12-13-14(6)8-4-2-7(11)3-5-8/h2-5H,1H3. The first-order valence-electron chi connectivity index (χ1n) is 4.02. The van der Waals surface area contributed by atoms with Crippen molar-refractivity contribution < 1.29 is 4.39 Å². The largest absolute Gasteiger partial charge is 0.216 e. The van der Waals surface area contributed by atoms with Gasteiger partial charge in [-0.2, -0.15) is 0 Å².